The van der Waals surface area contributed by atoms with Gasteiger partial charge in [-0.25, -0.2) is 13.6 Å². The van der Waals surface area contributed by atoms with E-state index in [1.54, 1.807) is 12.1 Å². The quantitative estimate of drug-likeness (QED) is 0.635. The Morgan fingerprint density at radius 3 is 2.70 bits per heavy atom. The van der Waals surface area contributed by atoms with E-state index in [4.69, 9.17) is 9.88 Å². The molecule has 0 saturated heterocycles. The number of carbonyl (C=O) groups excluding carboxylic acids is 3. The van der Waals surface area contributed by atoms with Gasteiger partial charge in [0.25, 0.3) is 5.91 Å². The lowest BCUT2D eigenvalue weighted by Crippen LogP contribution is -2.41. The molecule has 1 atom stereocenters. The van der Waals surface area contributed by atoms with Crippen LogP contribution in [0.15, 0.2) is 58.3 Å². The van der Waals surface area contributed by atoms with E-state index in [2.05, 4.69) is 5.32 Å². The molecule has 1 unspecified atom stereocenters. The highest BCUT2D eigenvalue weighted by molar-refractivity contribution is 8.00. The molecular formula is C19H19N3O6S2. The summed E-state index contributed by atoms with van der Waals surface area (Å²) in [5.74, 6) is -1.42. The number of amides is 2. The highest BCUT2D eigenvalue weighted by Crippen LogP contribution is 2.34. The van der Waals surface area contributed by atoms with Crippen molar-refractivity contribution in [1.82, 2.24) is 0 Å². The van der Waals surface area contributed by atoms with Crippen molar-refractivity contribution in [2.75, 3.05) is 22.5 Å². The minimum absolute atomic E-state index is 0.162. The zero-order chi connectivity index (χ0) is 21.9. The molecule has 1 heterocycles. The van der Waals surface area contributed by atoms with Crippen LogP contribution in [0.5, 0.6) is 0 Å². The number of sulfonamides is 1. The molecule has 158 valence electrons. The second kappa shape index (κ2) is 8.86. The summed E-state index contributed by atoms with van der Waals surface area (Å²) < 4.78 is 28.0. The predicted octanol–water partition coefficient (Wildman–Crippen LogP) is 1.34. The van der Waals surface area contributed by atoms with E-state index in [0.29, 0.717) is 5.69 Å². The summed E-state index contributed by atoms with van der Waals surface area (Å²) in [6.45, 7) is 1.05. The zero-order valence-electron chi connectivity index (χ0n) is 15.9. The van der Waals surface area contributed by atoms with E-state index in [1.807, 2.05) is 12.1 Å². The molecule has 0 saturated carbocycles. The molecule has 3 rings (SSSR count). The number of benzene rings is 2. The summed E-state index contributed by atoms with van der Waals surface area (Å²) in [7, 11) is -3.92. The lowest BCUT2D eigenvalue weighted by molar-refractivity contribution is -0.152. The molecule has 0 aliphatic carbocycles. The van der Waals surface area contributed by atoms with Crippen LogP contribution in [-0.2, 0) is 29.1 Å². The first-order chi connectivity index (χ1) is 14.1. The highest BCUT2D eigenvalue weighted by Gasteiger charge is 2.28. The molecule has 2 aromatic carbocycles. The van der Waals surface area contributed by atoms with Gasteiger partial charge < -0.3 is 10.1 Å². The van der Waals surface area contributed by atoms with Crippen LogP contribution in [0, 0.1) is 0 Å². The van der Waals surface area contributed by atoms with Crippen LogP contribution in [0.3, 0.4) is 0 Å². The number of esters is 1. The van der Waals surface area contributed by atoms with E-state index in [0.717, 1.165) is 4.90 Å². The number of ether oxygens (including phenoxy) is 1. The average molecular weight is 450 g/mol. The number of hydrogen-bond acceptors (Lipinski definition) is 7. The monoisotopic (exact) mass is 449 g/mol. The molecule has 0 radical (unpaired) electrons. The summed E-state index contributed by atoms with van der Waals surface area (Å²) >= 11 is 1.39. The van der Waals surface area contributed by atoms with E-state index in [-0.39, 0.29) is 28.8 Å². The largest absolute Gasteiger partial charge is 0.451 e. The van der Waals surface area contributed by atoms with Crippen LogP contribution in [-0.4, -0.2) is 44.6 Å². The van der Waals surface area contributed by atoms with Gasteiger partial charge in [0.05, 0.1) is 16.3 Å². The van der Waals surface area contributed by atoms with Gasteiger partial charge in [-0.3, -0.25) is 19.3 Å². The number of nitrogens with two attached hydrogens (primary N) is 1. The lowest BCUT2D eigenvalue weighted by Gasteiger charge is -2.28. The number of fused-ring (bicyclic) bond motifs is 1. The van der Waals surface area contributed by atoms with E-state index < -0.39 is 28.0 Å². The second-order valence-electron chi connectivity index (χ2n) is 6.43. The first-order valence-corrected chi connectivity index (χ1v) is 11.3. The maximum absolute atomic E-state index is 12.3. The number of primary sulfonamides is 1. The Hall–Kier alpha value is -2.89. The van der Waals surface area contributed by atoms with Crippen molar-refractivity contribution in [1.29, 1.82) is 0 Å². The average Bonchev–Trinajstić information content (AvgIpc) is 2.69. The Morgan fingerprint density at radius 2 is 1.97 bits per heavy atom. The van der Waals surface area contributed by atoms with Crippen LogP contribution < -0.4 is 15.4 Å². The van der Waals surface area contributed by atoms with Crippen LogP contribution in [0.2, 0.25) is 0 Å². The lowest BCUT2D eigenvalue weighted by atomic mass is 10.2. The molecule has 2 aromatic rings. The maximum Gasteiger partial charge on any atom is 0.326 e. The number of hydrogen-bond donors (Lipinski definition) is 2. The van der Waals surface area contributed by atoms with Crippen molar-refractivity contribution in [2.45, 2.75) is 22.8 Å². The number of rotatable bonds is 6. The first kappa shape index (κ1) is 21.8. The normalized spacial score (nSPS) is 14.6. The highest BCUT2D eigenvalue weighted by atomic mass is 32.2. The van der Waals surface area contributed by atoms with Gasteiger partial charge in [-0.05, 0) is 37.3 Å². The summed E-state index contributed by atoms with van der Waals surface area (Å²) in [5, 5.41) is 7.54. The molecule has 0 aromatic heterocycles. The summed E-state index contributed by atoms with van der Waals surface area (Å²) in [6.07, 6.45) is -1.17. The smallest absolute Gasteiger partial charge is 0.326 e. The fourth-order valence-corrected chi connectivity index (χ4v) is 4.23. The molecule has 3 N–H and O–H groups in total. The molecule has 30 heavy (non-hydrogen) atoms. The van der Waals surface area contributed by atoms with Gasteiger partial charge in [0, 0.05) is 10.6 Å². The summed E-state index contributed by atoms with van der Waals surface area (Å²) in [4.78, 5) is 38.9. The van der Waals surface area contributed by atoms with Gasteiger partial charge >= 0.3 is 5.97 Å². The minimum Gasteiger partial charge on any atom is -0.451 e. The standard InChI is InChI=1S/C19H19N3O6S2/c1-12(19(25)21-13-5-4-6-14(9-13)30(20,26)27)28-18(24)10-22-15-7-2-3-8-16(15)29-11-17(22)23/h2-9,12H,10-11H2,1H3,(H,21,25)(H2,20,26,27). The number of thioether (sulfide) groups is 1. The first-order valence-electron chi connectivity index (χ1n) is 8.80. The van der Waals surface area contributed by atoms with Gasteiger partial charge in [-0.2, -0.15) is 0 Å². The number of nitrogens with zero attached hydrogens (tertiary/aromatic N) is 1. The van der Waals surface area contributed by atoms with E-state index in [9.17, 15) is 22.8 Å². The van der Waals surface area contributed by atoms with Gasteiger partial charge in [0.1, 0.15) is 6.54 Å². The Balaban J connectivity index is 1.62. The molecule has 9 nitrogen and oxygen atoms in total. The Labute approximate surface area is 177 Å². The Bertz CT molecular complexity index is 1100. The number of carbonyl (C=O) groups is 3. The predicted molar refractivity (Wildman–Crippen MR) is 112 cm³/mol. The number of nitrogens with one attached hydrogen (secondary N) is 1. The Morgan fingerprint density at radius 1 is 1.23 bits per heavy atom. The Kier molecular flexibility index (Phi) is 6.44. The van der Waals surface area contributed by atoms with Crippen LogP contribution in [0.1, 0.15) is 6.92 Å². The number of para-hydroxylation sites is 1. The van der Waals surface area contributed by atoms with Crippen molar-refractivity contribution < 1.29 is 27.5 Å². The fourth-order valence-electron chi connectivity index (χ4n) is 2.74. The van der Waals surface area contributed by atoms with Crippen molar-refractivity contribution in [3.05, 3.63) is 48.5 Å². The van der Waals surface area contributed by atoms with Crippen molar-refractivity contribution in [2.24, 2.45) is 5.14 Å². The fraction of sp³-hybridized carbons (Fsp3) is 0.211. The third-order valence-corrected chi connectivity index (χ3v) is 6.16. The molecular weight excluding hydrogens is 430 g/mol. The van der Waals surface area contributed by atoms with Crippen molar-refractivity contribution >= 4 is 50.9 Å². The molecule has 0 bridgehead atoms. The van der Waals surface area contributed by atoms with Crippen LogP contribution in [0.25, 0.3) is 0 Å². The molecule has 0 fully saturated rings. The minimum atomic E-state index is -3.92. The van der Waals surface area contributed by atoms with Crippen LogP contribution in [0.4, 0.5) is 11.4 Å². The van der Waals surface area contributed by atoms with Gasteiger partial charge in [0.2, 0.25) is 15.9 Å². The SMILES string of the molecule is CC(OC(=O)CN1C(=O)CSc2ccccc21)C(=O)Nc1cccc(S(N)(=O)=O)c1. The number of anilines is 2. The summed E-state index contributed by atoms with van der Waals surface area (Å²) in [6, 6.07) is 12.6. The molecule has 11 heteroatoms. The third kappa shape index (κ3) is 5.17. The van der Waals surface area contributed by atoms with Gasteiger partial charge in [-0.1, -0.05) is 18.2 Å². The molecule has 1 aliphatic heterocycles. The second-order valence-corrected chi connectivity index (χ2v) is 9.01. The van der Waals surface area contributed by atoms with E-state index in [1.165, 1.54) is 47.9 Å². The van der Waals surface area contributed by atoms with Crippen molar-refractivity contribution in [3.63, 3.8) is 0 Å². The molecule has 0 spiro atoms. The topological polar surface area (TPSA) is 136 Å². The molecule has 2 amide bonds. The maximum atomic E-state index is 12.3. The third-order valence-electron chi connectivity index (χ3n) is 4.20. The van der Waals surface area contributed by atoms with Gasteiger partial charge in [-0.15, -0.1) is 11.8 Å². The van der Waals surface area contributed by atoms with Gasteiger partial charge in [0.15, 0.2) is 6.10 Å². The van der Waals surface area contributed by atoms with E-state index >= 15 is 0 Å². The molecule has 1 aliphatic rings. The zero-order valence-corrected chi connectivity index (χ0v) is 17.5. The van der Waals surface area contributed by atoms with Crippen molar-refractivity contribution in [3.8, 4) is 0 Å². The summed E-state index contributed by atoms with van der Waals surface area (Å²) in [5.41, 5.74) is 0.805. The van der Waals surface area contributed by atoms with Crippen LogP contribution >= 0.6 is 11.8 Å².